The molecule has 4 rings (SSSR count). The molecule has 9 heteroatoms. The Balaban J connectivity index is 1.55. The van der Waals surface area contributed by atoms with Gasteiger partial charge in [0.05, 0.1) is 17.3 Å². The maximum atomic E-state index is 13.1. The molecular weight excluding hydrogens is 426 g/mol. The van der Waals surface area contributed by atoms with Crippen molar-refractivity contribution >= 4 is 49.1 Å². The molecule has 0 unspecified atom stereocenters. The molecule has 0 aromatic carbocycles. The average molecular weight is 454 g/mol. The minimum Gasteiger partial charge on any atom is -0.338 e. The number of hydrogen-bond donors (Lipinski definition) is 0. The molecule has 1 amide bonds. The van der Waals surface area contributed by atoms with E-state index < -0.39 is 9.84 Å². The fraction of sp³-hybridized carbons (Fsp3) is 0.650. The number of nitrogens with zero attached hydrogens (tertiary/aromatic N) is 3. The van der Waals surface area contributed by atoms with Gasteiger partial charge in [0.2, 0.25) is 5.91 Å². The SMILES string of the molecule is Cc1nc(SCC(=O)N(CC(C)C)[C@H]2CCS(=O)(=O)C2)c2c3c(sc2n1)CCC3. The second-order valence-electron chi connectivity index (χ2n) is 8.40. The number of aryl methyl sites for hydroxylation is 3. The second-order valence-corrected chi connectivity index (χ2v) is 12.7. The van der Waals surface area contributed by atoms with Gasteiger partial charge < -0.3 is 4.90 Å². The molecule has 1 saturated heterocycles. The van der Waals surface area contributed by atoms with Gasteiger partial charge in [-0.1, -0.05) is 25.6 Å². The van der Waals surface area contributed by atoms with Crippen LogP contribution in [0.3, 0.4) is 0 Å². The first kappa shape index (κ1) is 21.1. The van der Waals surface area contributed by atoms with Gasteiger partial charge in [0.15, 0.2) is 9.84 Å². The van der Waals surface area contributed by atoms with Gasteiger partial charge >= 0.3 is 0 Å². The monoisotopic (exact) mass is 453 g/mol. The number of aromatic nitrogens is 2. The summed E-state index contributed by atoms with van der Waals surface area (Å²) in [6.07, 6.45) is 3.88. The van der Waals surface area contributed by atoms with Gasteiger partial charge in [0.25, 0.3) is 0 Å². The highest BCUT2D eigenvalue weighted by molar-refractivity contribution is 8.00. The maximum Gasteiger partial charge on any atom is 0.233 e. The summed E-state index contributed by atoms with van der Waals surface area (Å²) in [4.78, 5) is 26.6. The van der Waals surface area contributed by atoms with E-state index in [2.05, 4.69) is 23.8 Å². The number of thiophene rings is 1. The van der Waals surface area contributed by atoms with Crippen molar-refractivity contribution in [3.63, 3.8) is 0 Å². The third-order valence-electron chi connectivity index (χ3n) is 5.51. The van der Waals surface area contributed by atoms with Crippen molar-refractivity contribution in [3.05, 3.63) is 16.3 Å². The van der Waals surface area contributed by atoms with Crippen molar-refractivity contribution < 1.29 is 13.2 Å². The van der Waals surface area contributed by atoms with Crippen molar-refractivity contribution in [1.82, 2.24) is 14.9 Å². The van der Waals surface area contributed by atoms with E-state index in [9.17, 15) is 13.2 Å². The highest BCUT2D eigenvalue weighted by Crippen LogP contribution is 2.40. The van der Waals surface area contributed by atoms with Gasteiger partial charge in [-0.15, -0.1) is 11.3 Å². The lowest BCUT2D eigenvalue weighted by Crippen LogP contribution is -2.44. The highest BCUT2D eigenvalue weighted by Gasteiger charge is 2.35. The van der Waals surface area contributed by atoms with Crippen molar-refractivity contribution in [1.29, 1.82) is 0 Å². The molecule has 2 aliphatic rings. The summed E-state index contributed by atoms with van der Waals surface area (Å²) in [6, 6.07) is -0.201. The smallest absolute Gasteiger partial charge is 0.233 e. The van der Waals surface area contributed by atoms with E-state index in [4.69, 9.17) is 0 Å². The van der Waals surface area contributed by atoms with Gasteiger partial charge in [0.1, 0.15) is 15.7 Å². The van der Waals surface area contributed by atoms with E-state index in [1.54, 1.807) is 16.2 Å². The van der Waals surface area contributed by atoms with Crippen LogP contribution in [0.15, 0.2) is 5.03 Å². The van der Waals surface area contributed by atoms with Gasteiger partial charge in [-0.25, -0.2) is 18.4 Å². The molecule has 29 heavy (non-hydrogen) atoms. The fourth-order valence-corrected chi connectivity index (χ4v) is 8.34. The van der Waals surface area contributed by atoms with Crippen LogP contribution in [-0.2, 0) is 27.5 Å². The summed E-state index contributed by atoms with van der Waals surface area (Å²) in [5.41, 5.74) is 1.36. The quantitative estimate of drug-likeness (QED) is 0.493. The lowest BCUT2D eigenvalue weighted by atomic mass is 10.1. The van der Waals surface area contributed by atoms with Crippen LogP contribution < -0.4 is 0 Å². The maximum absolute atomic E-state index is 13.1. The van der Waals surface area contributed by atoms with Crippen molar-refractivity contribution in [3.8, 4) is 0 Å². The molecule has 0 bridgehead atoms. The van der Waals surface area contributed by atoms with Crippen LogP contribution in [0.1, 0.15) is 43.0 Å². The molecule has 1 atom stereocenters. The molecule has 0 N–H and O–H groups in total. The molecule has 158 valence electrons. The number of fused-ring (bicyclic) bond motifs is 3. The Bertz CT molecular complexity index is 1050. The summed E-state index contributed by atoms with van der Waals surface area (Å²) in [5, 5.41) is 2.02. The summed E-state index contributed by atoms with van der Waals surface area (Å²) in [7, 11) is -3.03. The summed E-state index contributed by atoms with van der Waals surface area (Å²) in [6.45, 7) is 6.60. The summed E-state index contributed by atoms with van der Waals surface area (Å²) in [5.74, 6) is 1.57. The Hall–Kier alpha value is -1.19. The number of carbonyl (C=O) groups excluding carboxylic acids is 1. The van der Waals surface area contributed by atoms with E-state index in [0.717, 1.165) is 33.9 Å². The first-order valence-corrected chi connectivity index (χ1v) is 13.8. The number of hydrogen-bond acceptors (Lipinski definition) is 7. The van der Waals surface area contributed by atoms with Gasteiger partial charge in [-0.05, 0) is 44.1 Å². The fourth-order valence-electron chi connectivity index (χ4n) is 4.25. The largest absolute Gasteiger partial charge is 0.338 e. The molecular formula is C20H27N3O3S3. The first-order valence-electron chi connectivity index (χ1n) is 10.1. The summed E-state index contributed by atoms with van der Waals surface area (Å²) < 4.78 is 23.9. The zero-order valence-electron chi connectivity index (χ0n) is 17.1. The molecule has 1 fully saturated rings. The van der Waals surface area contributed by atoms with Crippen LogP contribution >= 0.6 is 23.1 Å². The van der Waals surface area contributed by atoms with Crippen LogP contribution in [0.2, 0.25) is 0 Å². The standard InChI is InChI=1S/C20H27N3O3S3/c1-12(2)9-23(14-7-8-29(25,26)11-14)17(24)10-27-19-18-15-5-4-6-16(15)28-20(18)22-13(3)21-19/h12,14H,4-11H2,1-3H3/t14-/m0/s1. The lowest BCUT2D eigenvalue weighted by molar-refractivity contribution is -0.130. The Kier molecular flexibility index (Phi) is 5.92. The molecule has 0 radical (unpaired) electrons. The molecule has 0 saturated carbocycles. The van der Waals surface area contributed by atoms with E-state index in [1.807, 2.05) is 6.92 Å². The number of carbonyl (C=O) groups is 1. The van der Waals surface area contributed by atoms with Crippen LogP contribution in [0, 0.1) is 12.8 Å². The minimum atomic E-state index is -3.03. The predicted octanol–water partition coefficient (Wildman–Crippen LogP) is 3.25. The van der Waals surface area contributed by atoms with Crippen molar-refractivity contribution in [2.45, 2.75) is 57.5 Å². The predicted molar refractivity (Wildman–Crippen MR) is 119 cm³/mol. The third-order valence-corrected chi connectivity index (χ3v) is 9.40. The Labute approximate surface area is 180 Å². The van der Waals surface area contributed by atoms with E-state index >= 15 is 0 Å². The molecule has 1 aliphatic heterocycles. The highest BCUT2D eigenvalue weighted by atomic mass is 32.2. The molecule has 2 aromatic heterocycles. The minimum absolute atomic E-state index is 0.00194. The van der Waals surface area contributed by atoms with Crippen LogP contribution in [-0.4, -0.2) is 59.0 Å². The second kappa shape index (κ2) is 8.15. The van der Waals surface area contributed by atoms with Gasteiger partial charge in [-0.3, -0.25) is 4.79 Å². The van der Waals surface area contributed by atoms with E-state index in [1.165, 1.54) is 28.6 Å². The van der Waals surface area contributed by atoms with E-state index in [0.29, 0.717) is 18.9 Å². The van der Waals surface area contributed by atoms with Crippen molar-refractivity contribution in [2.24, 2.45) is 5.92 Å². The zero-order valence-corrected chi connectivity index (χ0v) is 19.6. The lowest BCUT2D eigenvalue weighted by Gasteiger charge is -2.30. The van der Waals surface area contributed by atoms with Crippen LogP contribution in [0.25, 0.3) is 10.2 Å². The number of amides is 1. The Morgan fingerprint density at radius 2 is 2.10 bits per heavy atom. The molecule has 2 aromatic rings. The normalized spacial score (nSPS) is 20.5. The zero-order chi connectivity index (χ0) is 20.8. The average Bonchev–Trinajstić information content (AvgIpc) is 3.30. The molecule has 0 spiro atoms. The Morgan fingerprint density at radius 1 is 1.31 bits per heavy atom. The van der Waals surface area contributed by atoms with Crippen LogP contribution in [0.5, 0.6) is 0 Å². The van der Waals surface area contributed by atoms with Crippen molar-refractivity contribution in [2.75, 3.05) is 23.8 Å². The number of sulfone groups is 1. The van der Waals surface area contributed by atoms with Gasteiger partial charge in [-0.2, -0.15) is 0 Å². The van der Waals surface area contributed by atoms with Gasteiger partial charge in [0, 0.05) is 22.8 Å². The molecule has 6 nitrogen and oxygen atoms in total. The Morgan fingerprint density at radius 3 is 2.79 bits per heavy atom. The first-order chi connectivity index (χ1) is 13.7. The van der Waals surface area contributed by atoms with E-state index in [-0.39, 0.29) is 29.2 Å². The number of thioether (sulfide) groups is 1. The van der Waals surface area contributed by atoms with Crippen LogP contribution in [0.4, 0.5) is 0 Å². The topological polar surface area (TPSA) is 80.2 Å². The summed E-state index contributed by atoms with van der Waals surface area (Å²) >= 11 is 3.23. The third kappa shape index (κ3) is 4.46. The number of rotatable bonds is 6. The molecule has 3 heterocycles. The molecule has 1 aliphatic carbocycles.